The van der Waals surface area contributed by atoms with Gasteiger partial charge in [-0.25, -0.2) is 4.98 Å². The van der Waals surface area contributed by atoms with Gasteiger partial charge in [0.05, 0.1) is 0 Å². The molecule has 21 heavy (non-hydrogen) atoms. The summed E-state index contributed by atoms with van der Waals surface area (Å²) < 4.78 is 50.5. The van der Waals surface area contributed by atoms with Crippen LogP contribution in [0, 0.1) is 5.95 Å². The summed E-state index contributed by atoms with van der Waals surface area (Å²) in [5, 5.41) is 0. The minimum absolute atomic E-state index is 0.307. The quantitative estimate of drug-likeness (QED) is 0.622. The van der Waals surface area contributed by atoms with Crippen molar-refractivity contribution in [3.63, 3.8) is 0 Å². The predicted molar refractivity (Wildman–Crippen MR) is 64.8 cm³/mol. The molecule has 1 aromatic heterocycles. The minimum atomic E-state index is -4.67. The Kier molecular flexibility index (Phi) is 5.23. The number of carbonyl (C=O) groups excluding carboxylic acids is 2. The van der Waals surface area contributed by atoms with Crippen molar-refractivity contribution < 1.29 is 27.2 Å². The summed E-state index contributed by atoms with van der Waals surface area (Å²) in [5.41, 5.74) is -0.307. The van der Waals surface area contributed by atoms with Crippen LogP contribution in [0.2, 0.25) is 0 Å². The molecule has 0 bridgehead atoms. The number of rotatable bonds is 4. The van der Waals surface area contributed by atoms with Crippen molar-refractivity contribution in [2.75, 3.05) is 27.2 Å². The standard InChI is InChI=1S/C12H13F4N3O2/c1-18(2)10(20)6-19(7-12(14,15)16)11(21)8-3-4-17-9(13)5-8/h3-5H,6-7H2,1-2H3. The van der Waals surface area contributed by atoms with Crippen molar-refractivity contribution >= 4 is 11.8 Å². The number of halogens is 4. The van der Waals surface area contributed by atoms with Gasteiger partial charge in [0.1, 0.15) is 13.1 Å². The molecule has 2 amide bonds. The lowest BCUT2D eigenvalue weighted by molar-refractivity contribution is -0.146. The van der Waals surface area contributed by atoms with Gasteiger partial charge < -0.3 is 9.80 Å². The summed E-state index contributed by atoms with van der Waals surface area (Å²) in [7, 11) is 2.70. The monoisotopic (exact) mass is 307 g/mol. The largest absolute Gasteiger partial charge is 0.406 e. The second-order valence-corrected chi connectivity index (χ2v) is 4.43. The molecule has 0 aliphatic carbocycles. The van der Waals surface area contributed by atoms with Gasteiger partial charge in [0.15, 0.2) is 0 Å². The zero-order valence-electron chi connectivity index (χ0n) is 11.3. The van der Waals surface area contributed by atoms with E-state index in [0.29, 0.717) is 11.0 Å². The molecule has 1 rings (SSSR count). The molecule has 9 heteroatoms. The van der Waals surface area contributed by atoms with E-state index in [-0.39, 0.29) is 5.56 Å². The smallest absolute Gasteiger partial charge is 0.347 e. The van der Waals surface area contributed by atoms with E-state index in [1.165, 1.54) is 14.1 Å². The van der Waals surface area contributed by atoms with Gasteiger partial charge in [-0.05, 0) is 6.07 Å². The molecule has 0 unspecified atom stereocenters. The summed E-state index contributed by atoms with van der Waals surface area (Å²) in [4.78, 5) is 28.1. The average molecular weight is 307 g/mol. The predicted octanol–water partition coefficient (Wildman–Crippen LogP) is 1.31. The molecule has 116 valence electrons. The molecule has 0 atom stereocenters. The highest BCUT2D eigenvalue weighted by molar-refractivity contribution is 5.96. The molecule has 1 heterocycles. The number of likely N-dealkylation sites (N-methyl/N-ethyl adjacent to an activating group) is 1. The van der Waals surface area contributed by atoms with Crippen molar-refractivity contribution in [1.29, 1.82) is 0 Å². The highest BCUT2D eigenvalue weighted by atomic mass is 19.4. The summed E-state index contributed by atoms with van der Waals surface area (Å²) in [6, 6.07) is 1.79. The van der Waals surface area contributed by atoms with Crippen LogP contribution in [-0.2, 0) is 4.79 Å². The molecule has 0 saturated heterocycles. The van der Waals surface area contributed by atoms with Crippen LogP contribution in [0.1, 0.15) is 10.4 Å². The highest BCUT2D eigenvalue weighted by Crippen LogP contribution is 2.18. The van der Waals surface area contributed by atoms with E-state index in [0.717, 1.165) is 17.2 Å². The molecule has 0 saturated carbocycles. The van der Waals surface area contributed by atoms with Gasteiger partial charge in [0.2, 0.25) is 11.9 Å². The second-order valence-electron chi connectivity index (χ2n) is 4.43. The molecule has 1 aromatic rings. The lowest BCUT2D eigenvalue weighted by atomic mass is 10.2. The number of amides is 2. The molecular weight excluding hydrogens is 294 g/mol. The number of carbonyl (C=O) groups is 2. The van der Waals surface area contributed by atoms with Crippen LogP contribution < -0.4 is 0 Å². The normalized spacial score (nSPS) is 11.1. The number of hydrogen-bond acceptors (Lipinski definition) is 3. The van der Waals surface area contributed by atoms with Crippen molar-refractivity contribution in [2.45, 2.75) is 6.18 Å². The zero-order chi connectivity index (χ0) is 16.2. The summed E-state index contributed by atoms with van der Waals surface area (Å²) in [6.07, 6.45) is -3.71. The molecule has 0 spiro atoms. The van der Waals surface area contributed by atoms with Gasteiger partial charge in [-0.1, -0.05) is 0 Å². The van der Waals surface area contributed by atoms with Gasteiger partial charge in [-0.2, -0.15) is 17.6 Å². The third-order valence-electron chi connectivity index (χ3n) is 2.46. The minimum Gasteiger partial charge on any atom is -0.347 e. The first kappa shape index (κ1) is 16.9. The number of alkyl halides is 3. The molecular formula is C12H13F4N3O2. The molecule has 0 aromatic carbocycles. The van der Waals surface area contributed by atoms with Crippen LogP contribution in [0.15, 0.2) is 18.3 Å². The van der Waals surface area contributed by atoms with E-state index < -0.39 is 37.0 Å². The van der Waals surface area contributed by atoms with E-state index in [1.54, 1.807) is 0 Å². The fourth-order valence-corrected chi connectivity index (χ4v) is 1.44. The second kappa shape index (κ2) is 6.51. The first-order valence-corrected chi connectivity index (χ1v) is 5.78. The fraction of sp³-hybridized carbons (Fsp3) is 0.417. The Morgan fingerprint density at radius 1 is 1.29 bits per heavy atom. The number of aromatic nitrogens is 1. The van der Waals surface area contributed by atoms with E-state index in [2.05, 4.69) is 4.98 Å². The van der Waals surface area contributed by atoms with Crippen molar-refractivity contribution in [3.8, 4) is 0 Å². The summed E-state index contributed by atoms with van der Waals surface area (Å²) in [5.74, 6) is -2.77. The summed E-state index contributed by atoms with van der Waals surface area (Å²) in [6.45, 7) is -2.36. The van der Waals surface area contributed by atoms with Crippen LogP contribution in [0.5, 0.6) is 0 Å². The molecule has 0 fully saturated rings. The Hall–Kier alpha value is -2.19. The van der Waals surface area contributed by atoms with Gasteiger partial charge in [-0.15, -0.1) is 0 Å². The Bertz CT molecular complexity index is 531. The van der Waals surface area contributed by atoms with Gasteiger partial charge in [-0.3, -0.25) is 9.59 Å². The van der Waals surface area contributed by atoms with E-state index in [4.69, 9.17) is 0 Å². The van der Waals surface area contributed by atoms with E-state index >= 15 is 0 Å². The fourth-order valence-electron chi connectivity index (χ4n) is 1.44. The van der Waals surface area contributed by atoms with Crippen LogP contribution in [0.3, 0.4) is 0 Å². The zero-order valence-corrected chi connectivity index (χ0v) is 11.3. The maximum Gasteiger partial charge on any atom is 0.406 e. The Labute approximate surface area is 118 Å². The number of pyridine rings is 1. The van der Waals surface area contributed by atoms with E-state index in [1.807, 2.05) is 0 Å². The number of nitrogens with zero attached hydrogens (tertiary/aromatic N) is 3. The maximum absolute atomic E-state index is 12.9. The third kappa shape index (κ3) is 5.36. The Morgan fingerprint density at radius 3 is 2.38 bits per heavy atom. The van der Waals surface area contributed by atoms with E-state index in [9.17, 15) is 27.2 Å². The van der Waals surface area contributed by atoms with Gasteiger partial charge >= 0.3 is 6.18 Å². The first-order chi connectivity index (χ1) is 9.60. The molecule has 5 nitrogen and oxygen atoms in total. The van der Waals surface area contributed by atoms with Gasteiger partial charge in [0.25, 0.3) is 5.91 Å². The molecule has 0 aliphatic rings. The first-order valence-electron chi connectivity index (χ1n) is 5.78. The van der Waals surface area contributed by atoms with Crippen molar-refractivity contribution in [3.05, 3.63) is 29.8 Å². The molecule has 0 aliphatic heterocycles. The van der Waals surface area contributed by atoms with Crippen LogP contribution >= 0.6 is 0 Å². The van der Waals surface area contributed by atoms with Crippen molar-refractivity contribution in [2.24, 2.45) is 0 Å². The molecule has 0 N–H and O–H groups in total. The lowest BCUT2D eigenvalue weighted by Gasteiger charge is -2.24. The third-order valence-corrected chi connectivity index (χ3v) is 2.46. The SMILES string of the molecule is CN(C)C(=O)CN(CC(F)(F)F)C(=O)c1ccnc(F)c1. The average Bonchev–Trinajstić information content (AvgIpc) is 2.35. The Balaban J connectivity index is 3.00. The van der Waals surface area contributed by atoms with Crippen LogP contribution in [0.4, 0.5) is 17.6 Å². The lowest BCUT2D eigenvalue weighted by Crippen LogP contribution is -2.44. The molecule has 0 radical (unpaired) electrons. The van der Waals surface area contributed by atoms with Gasteiger partial charge in [0, 0.05) is 31.9 Å². The van der Waals surface area contributed by atoms with Crippen molar-refractivity contribution in [1.82, 2.24) is 14.8 Å². The maximum atomic E-state index is 12.9. The van der Waals surface area contributed by atoms with Crippen LogP contribution in [0.25, 0.3) is 0 Å². The topological polar surface area (TPSA) is 53.5 Å². The number of hydrogen-bond donors (Lipinski definition) is 0. The Morgan fingerprint density at radius 2 is 1.90 bits per heavy atom. The highest BCUT2D eigenvalue weighted by Gasteiger charge is 2.34. The van der Waals surface area contributed by atoms with Crippen LogP contribution in [-0.4, -0.2) is 60.0 Å². The summed E-state index contributed by atoms with van der Waals surface area (Å²) >= 11 is 0.